The summed E-state index contributed by atoms with van der Waals surface area (Å²) in [5.41, 5.74) is 5.11. The Labute approximate surface area is 132 Å². The normalized spacial score (nSPS) is 10.9. The van der Waals surface area contributed by atoms with Crippen molar-refractivity contribution in [2.75, 3.05) is 13.1 Å². The van der Waals surface area contributed by atoms with Crippen LogP contribution in [0.3, 0.4) is 0 Å². The van der Waals surface area contributed by atoms with E-state index in [1.807, 2.05) is 0 Å². The Morgan fingerprint density at radius 2 is 1.14 bits per heavy atom. The lowest BCUT2D eigenvalue weighted by Gasteiger charge is -2.05. The molecule has 0 saturated carbocycles. The van der Waals surface area contributed by atoms with Crippen molar-refractivity contribution in [3.63, 3.8) is 0 Å². The second kappa shape index (κ2) is 17.5. The lowest BCUT2D eigenvalue weighted by molar-refractivity contribution is -0.118. The number of nitrogens with two attached hydrogens (primary N) is 1. The number of hydrogen-bond donors (Lipinski definition) is 2. The maximum Gasteiger partial charge on any atom is 0.217 e. The van der Waals surface area contributed by atoms with Gasteiger partial charge in [-0.1, -0.05) is 71.1 Å². The lowest BCUT2D eigenvalue weighted by Crippen LogP contribution is -2.16. The van der Waals surface area contributed by atoms with E-state index in [4.69, 9.17) is 5.73 Å². The van der Waals surface area contributed by atoms with Gasteiger partial charge in [-0.3, -0.25) is 4.79 Å². The molecule has 0 spiro atoms. The van der Waals surface area contributed by atoms with Crippen LogP contribution in [0.4, 0.5) is 0 Å². The molecule has 0 fully saturated rings. The van der Waals surface area contributed by atoms with Crippen molar-refractivity contribution >= 4 is 5.91 Å². The Morgan fingerprint density at radius 1 is 0.714 bits per heavy atom. The third-order valence-electron chi connectivity index (χ3n) is 3.98. The van der Waals surface area contributed by atoms with Gasteiger partial charge in [0.25, 0.3) is 0 Å². The van der Waals surface area contributed by atoms with Gasteiger partial charge in [-0.05, 0) is 32.4 Å². The number of unbranched alkanes of at least 4 members (excludes halogenated alkanes) is 11. The first-order valence-electron chi connectivity index (χ1n) is 9.26. The van der Waals surface area contributed by atoms with Crippen molar-refractivity contribution in [3.8, 4) is 0 Å². The summed E-state index contributed by atoms with van der Waals surface area (Å²) in [4.78, 5) is 10.6. The minimum Gasteiger partial charge on any atom is -0.370 e. The third-order valence-corrected chi connectivity index (χ3v) is 3.98. The average molecular weight is 299 g/mol. The molecule has 0 saturated heterocycles. The molecule has 0 aromatic rings. The Hall–Kier alpha value is -0.570. The zero-order valence-electron chi connectivity index (χ0n) is 14.3. The van der Waals surface area contributed by atoms with Crippen LogP contribution in [-0.2, 0) is 4.79 Å². The van der Waals surface area contributed by atoms with E-state index in [9.17, 15) is 4.79 Å². The standard InChI is InChI=1S/C18H38N2O/c1-2-3-4-13-16-20-17-14-11-9-7-5-6-8-10-12-15-18(19)21/h20H,2-17H2,1H3,(H2,19,21). The molecule has 1 amide bonds. The fourth-order valence-electron chi connectivity index (χ4n) is 2.59. The highest BCUT2D eigenvalue weighted by atomic mass is 16.1. The number of primary amides is 1. The van der Waals surface area contributed by atoms with Crippen LogP contribution in [0.25, 0.3) is 0 Å². The van der Waals surface area contributed by atoms with Crippen molar-refractivity contribution < 1.29 is 4.79 Å². The highest BCUT2D eigenvalue weighted by molar-refractivity contribution is 5.73. The summed E-state index contributed by atoms with van der Waals surface area (Å²) in [5.74, 6) is -0.158. The van der Waals surface area contributed by atoms with Gasteiger partial charge in [0.1, 0.15) is 0 Å². The summed E-state index contributed by atoms with van der Waals surface area (Å²) in [6, 6.07) is 0. The van der Waals surface area contributed by atoms with Crippen LogP contribution in [0.5, 0.6) is 0 Å². The van der Waals surface area contributed by atoms with Gasteiger partial charge < -0.3 is 11.1 Å². The first-order chi connectivity index (χ1) is 10.3. The molecule has 0 aliphatic heterocycles. The van der Waals surface area contributed by atoms with Crippen LogP contribution >= 0.6 is 0 Å². The van der Waals surface area contributed by atoms with E-state index < -0.39 is 0 Å². The molecule has 0 rings (SSSR count). The van der Waals surface area contributed by atoms with Gasteiger partial charge >= 0.3 is 0 Å². The van der Waals surface area contributed by atoms with Crippen molar-refractivity contribution in [2.24, 2.45) is 5.73 Å². The average Bonchev–Trinajstić information content (AvgIpc) is 2.46. The van der Waals surface area contributed by atoms with Crippen LogP contribution in [-0.4, -0.2) is 19.0 Å². The zero-order chi connectivity index (χ0) is 15.6. The topological polar surface area (TPSA) is 55.1 Å². The van der Waals surface area contributed by atoms with Gasteiger partial charge in [0.05, 0.1) is 0 Å². The van der Waals surface area contributed by atoms with Crippen LogP contribution in [0, 0.1) is 0 Å². The predicted molar refractivity (Wildman–Crippen MR) is 92.4 cm³/mol. The molecule has 0 radical (unpaired) electrons. The summed E-state index contributed by atoms with van der Waals surface area (Å²) in [6.07, 6.45) is 17.5. The van der Waals surface area contributed by atoms with Crippen LogP contribution in [0.2, 0.25) is 0 Å². The molecule has 21 heavy (non-hydrogen) atoms. The summed E-state index contributed by atoms with van der Waals surface area (Å²) in [5, 5.41) is 3.54. The van der Waals surface area contributed by atoms with E-state index in [-0.39, 0.29) is 5.91 Å². The van der Waals surface area contributed by atoms with E-state index in [0.29, 0.717) is 6.42 Å². The summed E-state index contributed by atoms with van der Waals surface area (Å²) in [7, 11) is 0. The quantitative estimate of drug-likeness (QED) is 0.387. The Kier molecular flexibility index (Phi) is 17.0. The molecule has 0 heterocycles. The maximum absolute atomic E-state index is 10.6. The number of nitrogens with one attached hydrogen (secondary N) is 1. The zero-order valence-corrected chi connectivity index (χ0v) is 14.3. The first kappa shape index (κ1) is 20.4. The second-order valence-electron chi connectivity index (χ2n) is 6.21. The van der Waals surface area contributed by atoms with Gasteiger partial charge in [-0.15, -0.1) is 0 Å². The van der Waals surface area contributed by atoms with E-state index in [1.54, 1.807) is 0 Å². The fourth-order valence-corrected chi connectivity index (χ4v) is 2.59. The number of carbonyl (C=O) groups is 1. The fraction of sp³-hybridized carbons (Fsp3) is 0.944. The number of rotatable bonds is 17. The smallest absolute Gasteiger partial charge is 0.217 e. The van der Waals surface area contributed by atoms with E-state index >= 15 is 0 Å². The largest absolute Gasteiger partial charge is 0.370 e. The molecule has 126 valence electrons. The minimum atomic E-state index is -0.158. The molecular formula is C18H38N2O. The summed E-state index contributed by atoms with van der Waals surface area (Å²) >= 11 is 0. The minimum absolute atomic E-state index is 0.158. The monoisotopic (exact) mass is 298 g/mol. The van der Waals surface area contributed by atoms with Crippen LogP contribution in [0.15, 0.2) is 0 Å². The second-order valence-corrected chi connectivity index (χ2v) is 6.21. The summed E-state index contributed by atoms with van der Waals surface area (Å²) < 4.78 is 0. The molecule has 3 nitrogen and oxygen atoms in total. The Balaban J connectivity index is 2.95. The molecule has 3 heteroatoms. The van der Waals surface area contributed by atoms with Gasteiger partial charge in [-0.2, -0.15) is 0 Å². The van der Waals surface area contributed by atoms with Crippen molar-refractivity contribution in [3.05, 3.63) is 0 Å². The molecule has 0 unspecified atom stereocenters. The molecule has 0 atom stereocenters. The number of hydrogen-bond acceptors (Lipinski definition) is 2. The highest BCUT2D eigenvalue weighted by Crippen LogP contribution is 2.10. The molecule has 0 aromatic carbocycles. The predicted octanol–water partition coefficient (Wildman–Crippen LogP) is 4.54. The Morgan fingerprint density at radius 3 is 1.62 bits per heavy atom. The maximum atomic E-state index is 10.6. The third kappa shape index (κ3) is 19.4. The van der Waals surface area contributed by atoms with Gasteiger partial charge in [-0.25, -0.2) is 0 Å². The number of amides is 1. The molecule has 0 aliphatic rings. The SMILES string of the molecule is CCCCCCNCCCCCCCCCCCC(N)=O. The molecule has 0 bridgehead atoms. The molecule has 3 N–H and O–H groups in total. The van der Waals surface area contributed by atoms with Gasteiger partial charge in [0, 0.05) is 6.42 Å². The van der Waals surface area contributed by atoms with E-state index in [1.165, 1.54) is 83.7 Å². The lowest BCUT2D eigenvalue weighted by atomic mass is 10.1. The Bertz CT molecular complexity index is 219. The van der Waals surface area contributed by atoms with Crippen molar-refractivity contribution in [2.45, 2.75) is 96.8 Å². The van der Waals surface area contributed by atoms with Gasteiger partial charge in [0.15, 0.2) is 0 Å². The van der Waals surface area contributed by atoms with Gasteiger partial charge in [0.2, 0.25) is 5.91 Å². The summed E-state index contributed by atoms with van der Waals surface area (Å²) in [6.45, 7) is 4.65. The van der Waals surface area contributed by atoms with E-state index in [2.05, 4.69) is 12.2 Å². The van der Waals surface area contributed by atoms with Crippen molar-refractivity contribution in [1.29, 1.82) is 0 Å². The van der Waals surface area contributed by atoms with Crippen LogP contribution < -0.4 is 11.1 Å². The molecule has 0 aromatic heterocycles. The molecular weight excluding hydrogens is 260 g/mol. The number of carbonyl (C=O) groups excluding carboxylic acids is 1. The van der Waals surface area contributed by atoms with E-state index in [0.717, 1.165) is 12.8 Å². The molecule has 0 aliphatic carbocycles. The highest BCUT2D eigenvalue weighted by Gasteiger charge is 1.95. The first-order valence-corrected chi connectivity index (χ1v) is 9.26. The van der Waals surface area contributed by atoms with Crippen LogP contribution in [0.1, 0.15) is 96.8 Å². The van der Waals surface area contributed by atoms with Crippen molar-refractivity contribution in [1.82, 2.24) is 5.32 Å².